The molecule has 182 valence electrons. The monoisotopic (exact) mass is 484 g/mol. The smallest absolute Gasteiger partial charge is 0.368 e. The number of hydrogen-bond acceptors (Lipinski definition) is 4. The topological polar surface area (TPSA) is 48.5 Å². The molecule has 2 aliphatic heterocycles. The first-order valence-electron chi connectivity index (χ1n) is 11.4. The highest BCUT2D eigenvalue weighted by molar-refractivity contribution is 5.82. The van der Waals surface area contributed by atoms with Crippen LogP contribution in [0.4, 0.5) is 28.9 Å². The van der Waals surface area contributed by atoms with Gasteiger partial charge in [0.2, 0.25) is 5.91 Å². The van der Waals surface area contributed by atoms with Crippen molar-refractivity contribution in [3.63, 3.8) is 0 Å². The van der Waals surface area contributed by atoms with Crippen molar-refractivity contribution in [2.45, 2.75) is 25.2 Å². The number of halogens is 4. The molecule has 0 radical (unpaired) electrons. The second kappa shape index (κ2) is 9.20. The summed E-state index contributed by atoms with van der Waals surface area (Å²) in [5.74, 6) is -1.11. The van der Waals surface area contributed by atoms with Gasteiger partial charge in [0.05, 0.1) is 29.8 Å². The summed E-state index contributed by atoms with van der Waals surface area (Å²) in [5.41, 5.74) is 2.08. The van der Waals surface area contributed by atoms with Gasteiger partial charge in [-0.05, 0) is 66.6 Å². The fourth-order valence-electron chi connectivity index (χ4n) is 5.00. The molecular weight excluding hydrogens is 460 g/mol. The molecule has 1 saturated heterocycles. The van der Waals surface area contributed by atoms with Crippen molar-refractivity contribution in [3.8, 4) is 0 Å². The van der Waals surface area contributed by atoms with Gasteiger partial charge in [0.1, 0.15) is 5.82 Å². The number of carbonyl (C=O) groups is 1. The Morgan fingerprint density at radius 1 is 1.06 bits per heavy atom. The normalized spacial score (nSPS) is 19.7. The van der Waals surface area contributed by atoms with E-state index in [1.54, 1.807) is 30.5 Å². The lowest BCUT2D eigenvalue weighted by molar-refractivity contribution is -0.137. The number of alkyl halides is 3. The first kappa shape index (κ1) is 23.1. The van der Waals surface area contributed by atoms with Gasteiger partial charge in [0, 0.05) is 37.2 Å². The SMILES string of the molecule is O=C(NCc1ccccn1)[C@@H]1Cc2cc(C(F)(F)F)ccc2N2CCN(c3ccc(F)cc3)C[C@@H]12. The number of nitrogens with one attached hydrogen (secondary N) is 1. The number of piperazine rings is 1. The lowest BCUT2D eigenvalue weighted by Crippen LogP contribution is -2.61. The van der Waals surface area contributed by atoms with Gasteiger partial charge in [0.15, 0.2) is 0 Å². The zero-order valence-corrected chi connectivity index (χ0v) is 18.8. The van der Waals surface area contributed by atoms with E-state index in [9.17, 15) is 22.4 Å². The van der Waals surface area contributed by atoms with Gasteiger partial charge >= 0.3 is 6.18 Å². The summed E-state index contributed by atoms with van der Waals surface area (Å²) in [6, 6.07) is 15.1. The van der Waals surface area contributed by atoms with Gasteiger partial charge in [-0.25, -0.2) is 4.39 Å². The molecule has 3 heterocycles. The molecule has 1 amide bonds. The predicted molar refractivity (Wildman–Crippen MR) is 124 cm³/mol. The van der Waals surface area contributed by atoms with Crippen molar-refractivity contribution < 1.29 is 22.4 Å². The summed E-state index contributed by atoms with van der Waals surface area (Å²) >= 11 is 0. The molecule has 3 aromatic rings. The first-order valence-corrected chi connectivity index (χ1v) is 11.4. The molecule has 2 aromatic carbocycles. The highest BCUT2D eigenvalue weighted by Gasteiger charge is 2.42. The summed E-state index contributed by atoms with van der Waals surface area (Å²) < 4.78 is 53.6. The quantitative estimate of drug-likeness (QED) is 0.557. The fraction of sp³-hybridized carbons (Fsp3) is 0.308. The summed E-state index contributed by atoms with van der Waals surface area (Å²) in [5, 5.41) is 2.92. The van der Waals surface area contributed by atoms with Crippen LogP contribution in [0.5, 0.6) is 0 Å². The molecule has 0 bridgehead atoms. The zero-order valence-electron chi connectivity index (χ0n) is 18.8. The second-order valence-electron chi connectivity index (χ2n) is 8.87. The van der Waals surface area contributed by atoms with E-state index in [-0.39, 0.29) is 30.7 Å². The van der Waals surface area contributed by atoms with E-state index < -0.39 is 17.7 Å². The fourth-order valence-corrected chi connectivity index (χ4v) is 5.00. The Balaban J connectivity index is 1.44. The van der Waals surface area contributed by atoms with Crippen molar-refractivity contribution in [3.05, 3.63) is 89.5 Å². The van der Waals surface area contributed by atoms with E-state index in [0.717, 1.165) is 23.5 Å². The third kappa shape index (κ3) is 4.80. The van der Waals surface area contributed by atoms with Crippen LogP contribution in [0.25, 0.3) is 0 Å². The number of aromatic nitrogens is 1. The average molecular weight is 484 g/mol. The third-order valence-corrected chi connectivity index (χ3v) is 6.74. The minimum absolute atomic E-state index is 0.200. The molecule has 1 fully saturated rings. The first-order chi connectivity index (χ1) is 16.8. The standard InChI is InChI=1S/C26H24F4N4O/c27-19-5-7-21(8-6-19)33-11-12-34-23-9-4-18(26(28,29)30)13-17(23)14-22(24(34)16-33)25(35)32-15-20-3-1-2-10-31-20/h1-10,13,22,24H,11-12,14-16H2,(H,32,35)/t22-,24+/m1/s1. The number of amides is 1. The molecule has 0 spiro atoms. The Morgan fingerprint density at radius 3 is 2.57 bits per heavy atom. The number of fused-ring (bicyclic) bond motifs is 3. The van der Waals surface area contributed by atoms with Crippen molar-refractivity contribution in [1.82, 2.24) is 10.3 Å². The number of anilines is 2. The van der Waals surface area contributed by atoms with E-state index in [1.807, 2.05) is 11.0 Å². The van der Waals surface area contributed by atoms with Crippen LogP contribution in [0.1, 0.15) is 16.8 Å². The molecule has 0 unspecified atom stereocenters. The minimum Gasteiger partial charge on any atom is -0.368 e. The molecule has 1 aromatic heterocycles. The Labute approximate surface area is 200 Å². The highest BCUT2D eigenvalue weighted by atomic mass is 19.4. The predicted octanol–water partition coefficient (Wildman–Crippen LogP) is 4.42. The average Bonchev–Trinajstić information content (AvgIpc) is 2.86. The summed E-state index contributed by atoms with van der Waals surface area (Å²) in [6.45, 7) is 1.86. The molecular formula is C26H24F4N4O. The summed E-state index contributed by atoms with van der Waals surface area (Å²) in [6.07, 6.45) is -2.62. The van der Waals surface area contributed by atoms with Gasteiger partial charge in [-0.3, -0.25) is 9.78 Å². The van der Waals surface area contributed by atoms with Crippen LogP contribution in [0.3, 0.4) is 0 Å². The number of rotatable bonds is 4. The molecule has 2 aliphatic rings. The Kier molecular flexibility index (Phi) is 6.08. The molecule has 2 atom stereocenters. The third-order valence-electron chi connectivity index (χ3n) is 6.74. The van der Waals surface area contributed by atoms with E-state index >= 15 is 0 Å². The van der Waals surface area contributed by atoms with E-state index in [4.69, 9.17) is 0 Å². The zero-order chi connectivity index (χ0) is 24.6. The Hall–Kier alpha value is -3.62. The van der Waals surface area contributed by atoms with Gasteiger partial charge in [-0.1, -0.05) is 6.07 Å². The summed E-state index contributed by atoms with van der Waals surface area (Å²) in [7, 11) is 0. The molecule has 35 heavy (non-hydrogen) atoms. The van der Waals surface area contributed by atoms with Gasteiger partial charge in [-0.15, -0.1) is 0 Å². The molecule has 0 saturated carbocycles. The largest absolute Gasteiger partial charge is 0.416 e. The number of benzene rings is 2. The lowest BCUT2D eigenvalue weighted by atomic mass is 9.82. The lowest BCUT2D eigenvalue weighted by Gasteiger charge is -2.49. The number of nitrogens with zero attached hydrogens (tertiary/aromatic N) is 3. The van der Waals surface area contributed by atoms with Crippen LogP contribution in [-0.2, 0) is 23.9 Å². The molecule has 0 aliphatic carbocycles. The summed E-state index contributed by atoms with van der Waals surface area (Å²) in [4.78, 5) is 21.7. The molecule has 9 heteroatoms. The van der Waals surface area contributed by atoms with Crippen LogP contribution < -0.4 is 15.1 Å². The maximum absolute atomic E-state index is 13.4. The van der Waals surface area contributed by atoms with Gasteiger partial charge in [0.25, 0.3) is 0 Å². The van der Waals surface area contributed by atoms with Crippen molar-refractivity contribution >= 4 is 17.3 Å². The van der Waals surface area contributed by atoms with Crippen molar-refractivity contribution in [1.29, 1.82) is 0 Å². The van der Waals surface area contributed by atoms with Crippen LogP contribution in [0, 0.1) is 11.7 Å². The van der Waals surface area contributed by atoms with E-state index in [2.05, 4.69) is 15.2 Å². The molecule has 5 nitrogen and oxygen atoms in total. The minimum atomic E-state index is -4.45. The van der Waals surface area contributed by atoms with Crippen molar-refractivity contribution in [2.75, 3.05) is 29.4 Å². The van der Waals surface area contributed by atoms with Crippen LogP contribution in [0.15, 0.2) is 66.9 Å². The van der Waals surface area contributed by atoms with Crippen LogP contribution in [-0.4, -0.2) is 36.6 Å². The number of pyridine rings is 1. The van der Waals surface area contributed by atoms with E-state index in [0.29, 0.717) is 30.9 Å². The maximum Gasteiger partial charge on any atom is 0.416 e. The number of hydrogen-bond donors (Lipinski definition) is 1. The van der Waals surface area contributed by atoms with Crippen molar-refractivity contribution in [2.24, 2.45) is 5.92 Å². The van der Waals surface area contributed by atoms with Crippen LogP contribution >= 0.6 is 0 Å². The molecule has 5 rings (SSSR count). The van der Waals surface area contributed by atoms with Gasteiger partial charge in [-0.2, -0.15) is 13.2 Å². The number of carbonyl (C=O) groups excluding carboxylic acids is 1. The highest BCUT2D eigenvalue weighted by Crippen LogP contribution is 2.40. The maximum atomic E-state index is 13.4. The second-order valence-corrected chi connectivity index (χ2v) is 8.87. The van der Waals surface area contributed by atoms with Gasteiger partial charge < -0.3 is 15.1 Å². The molecule has 1 N–H and O–H groups in total. The van der Waals surface area contributed by atoms with Crippen LogP contribution in [0.2, 0.25) is 0 Å². The Morgan fingerprint density at radius 2 is 1.86 bits per heavy atom. The Bertz CT molecular complexity index is 1200. The van der Waals surface area contributed by atoms with E-state index in [1.165, 1.54) is 18.2 Å².